The summed E-state index contributed by atoms with van der Waals surface area (Å²) in [5, 5.41) is 59.5. The number of aryl methyl sites for hydroxylation is 1. The van der Waals surface area contributed by atoms with Crippen LogP contribution in [0.5, 0.6) is 11.5 Å². The Balaban J connectivity index is 1.72. The van der Waals surface area contributed by atoms with Crippen molar-refractivity contribution in [3.8, 4) is 11.5 Å². The second-order valence-corrected chi connectivity index (χ2v) is 7.58. The normalized spacial score (nSPS) is 27.0. The van der Waals surface area contributed by atoms with Crippen molar-refractivity contribution in [3.63, 3.8) is 0 Å². The molecule has 0 saturated carbocycles. The molecule has 1 aliphatic heterocycles. The zero-order valence-corrected chi connectivity index (χ0v) is 17.1. The van der Waals surface area contributed by atoms with E-state index in [1.54, 1.807) is 19.9 Å². The lowest BCUT2D eigenvalue weighted by Crippen LogP contribution is -2.59. The smallest absolute Gasteiger partial charge is 0.196 e. The van der Waals surface area contributed by atoms with Gasteiger partial charge in [0.2, 0.25) is 0 Å². The summed E-state index contributed by atoms with van der Waals surface area (Å²) in [6.07, 6.45) is -5.16. The molecular formula is C21H26O10. The zero-order chi connectivity index (χ0) is 22.9. The molecule has 2 aromatic rings. The van der Waals surface area contributed by atoms with Gasteiger partial charge in [-0.05, 0) is 20.3 Å². The van der Waals surface area contributed by atoms with E-state index in [-0.39, 0.29) is 41.1 Å². The van der Waals surface area contributed by atoms with E-state index in [2.05, 4.69) is 0 Å². The van der Waals surface area contributed by atoms with Crippen molar-refractivity contribution in [1.82, 2.24) is 0 Å². The highest BCUT2D eigenvalue weighted by Crippen LogP contribution is 2.35. The molecule has 0 aliphatic carbocycles. The first kappa shape index (κ1) is 23.2. The molecule has 6 N–H and O–H groups in total. The monoisotopic (exact) mass is 438 g/mol. The molecule has 5 atom stereocenters. The lowest BCUT2D eigenvalue weighted by Gasteiger charge is -2.39. The second-order valence-electron chi connectivity index (χ2n) is 7.58. The van der Waals surface area contributed by atoms with Crippen LogP contribution in [0.2, 0.25) is 0 Å². The Hall–Kier alpha value is -2.47. The minimum Gasteiger partial charge on any atom is -0.507 e. The third-order valence-corrected chi connectivity index (χ3v) is 5.18. The molecule has 2 heterocycles. The van der Waals surface area contributed by atoms with Crippen LogP contribution in [0, 0.1) is 6.92 Å². The Labute approximate surface area is 177 Å². The molecule has 10 heteroatoms. The van der Waals surface area contributed by atoms with Crippen molar-refractivity contribution in [2.24, 2.45) is 0 Å². The highest BCUT2D eigenvalue weighted by molar-refractivity contribution is 5.86. The van der Waals surface area contributed by atoms with Gasteiger partial charge in [0.25, 0.3) is 0 Å². The predicted octanol–water partition coefficient (Wildman–Crippen LogP) is -0.182. The van der Waals surface area contributed by atoms with Gasteiger partial charge in [0.1, 0.15) is 52.6 Å². The number of fused-ring (bicyclic) bond motifs is 1. The minimum absolute atomic E-state index is 0.0259. The fourth-order valence-corrected chi connectivity index (χ4v) is 3.41. The van der Waals surface area contributed by atoms with Crippen molar-refractivity contribution in [3.05, 3.63) is 45.3 Å². The van der Waals surface area contributed by atoms with Gasteiger partial charge in [-0.15, -0.1) is 0 Å². The van der Waals surface area contributed by atoms with E-state index in [0.29, 0.717) is 11.3 Å². The Kier molecular flexibility index (Phi) is 6.99. The molecule has 1 aromatic heterocycles. The van der Waals surface area contributed by atoms with Crippen LogP contribution in [-0.4, -0.2) is 74.6 Å². The van der Waals surface area contributed by atoms with Gasteiger partial charge in [0.15, 0.2) is 11.7 Å². The van der Waals surface area contributed by atoms with Crippen molar-refractivity contribution in [1.29, 1.82) is 0 Å². The third kappa shape index (κ3) is 4.74. The highest BCUT2D eigenvalue weighted by atomic mass is 16.7. The van der Waals surface area contributed by atoms with Crippen LogP contribution in [-0.2, 0) is 15.9 Å². The van der Waals surface area contributed by atoms with E-state index < -0.39 is 42.7 Å². The maximum absolute atomic E-state index is 12.2. The first-order chi connectivity index (χ1) is 14.6. The summed E-state index contributed by atoms with van der Waals surface area (Å²) in [6.45, 7) is 2.67. The molecule has 3 rings (SSSR count). The maximum Gasteiger partial charge on any atom is 0.196 e. The highest BCUT2D eigenvalue weighted by Gasteiger charge is 2.43. The Bertz CT molecular complexity index is 1020. The van der Waals surface area contributed by atoms with E-state index in [1.807, 2.05) is 0 Å². The fourth-order valence-electron chi connectivity index (χ4n) is 3.41. The molecule has 0 bridgehead atoms. The lowest BCUT2D eigenvalue weighted by molar-refractivity contribution is -0.299. The topological polar surface area (TPSA) is 170 Å². The SMILES string of the molecule is C/C(=C/Cc1c(O)cc2oc(C)cc(=O)c2c1O)CO[C@@H]1O[C@H](CO)[C@@H](O)[C@H](O)[C@H]1O. The lowest BCUT2D eigenvalue weighted by atomic mass is 9.99. The van der Waals surface area contributed by atoms with Gasteiger partial charge >= 0.3 is 0 Å². The number of hydrogen-bond acceptors (Lipinski definition) is 10. The molecule has 0 amide bonds. The van der Waals surface area contributed by atoms with Gasteiger partial charge in [-0.1, -0.05) is 11.6 Å². The van der Waals surface area contributed by atoms with Crippen LogP contribution >= 0.6 is 0 Å². The maximum atomic E-state index is 12.2. The largest absolute Gasteiger partial charge is 0.507 e. The van der Waals surface area contributed by atoms with Crippen LogP contribution in [0.1, 0.15) is 18.2 Å². The van der Waals surface area contributed by atoms with Gasteiger partial charge in [0, 0.05) is 17.7 Å². The Morgan fingerprint density at radius 3 is 2.55 bits per heavy atom. The quantitative estimate of drug-likeness (QED) is 0.333. The van der Waals surface area contributed by atoms with Crippen molar-refractivity contribution in [2.45, 2.75) is 51.0 Å². The van der Waals surface area contributed by atoms with Crippen LogP contribution in [0.25, 0.3) is 11.0 Å². The average Bonchev–Trinajstić information content (AvgIpc) is 2.70. The summed E-state index contributed by atoms with van der Waals surface area (Å²) in [6, 6.07) is 2.52. The fraction of sp³-hybridized carbons (Fsp3) is 0.476. The summed E-state index contributed by atoms with van der Waals surface area (Å²) >= 11 is 0. The van der Waals surface area contributed by atoms with Gasteiger partial charge in [-0.25, -0.2) is 0 Å². The number of phenols is 2. The number of allylic oxidation sites excluding steroid dienone is 1. The molecule has 170 valence electrons. The Morgan fingerprint density at radius 2 is 1.87 bits per heavy atom. The van der Waals surface area contributed by atoms with Crippen LogP contribution in [0.15, 0.2) is 33.0 Å². The van der Waals surface area contributed by atoms with E-state index in [4.69, 9.17) is 13.9 Å². The molecule has 1 aliphatic rings. The number of aliphatic hydroxyl groups is 4. The molecule has 1 aromatic carbocycles. The zero-order valence-electron chi connectivity index (χ0n) is 17.1. The van der Waals surface area contributed by atoms with E-state index in [0.717, 1.165) is 0 Å². The number of aliphatic hydroxyl groups excluding tert-OH is 4. The van der Waals surface area contributed by atoms with Gasteiger partial charge in [-0.3, -0.25) is 4.79 Å². The van der Waals surface area contributed by atoms with Crippen molar-refractivity contribution >= 4 is 11.0 Å². The second kappa shape index (κ2) is 9.35. The van der Waals surface area contributed by atoms with E-state index in [1.165, 1.54) is 12.1 Å². The number of hydrogen-bond donors (Lipinski definition) is 6. The first-order valence-corrected chi connectivity index (χ1v) is 9.70. The van der Waals surface area contributed by atoms with Crippen LogP contribution in [0.4, 0.5) is 0 Å². The first-order valence-electron chi connectivity index (χ1n) is 9.70. The Morgan fingerprint density at radius 1 is 1.16 bits per heavy atom. The minimum atomic E-state index is -1.54. The number of rotatable bonds is 6. The van der Waals surface area contributed by atoms with Crippen LogP contribution in [0.3, 0.4) is 0 Å². The molecule has 0 unspecified atom stereocenters. The molecule has 31 heavy (non-hydrogen) atoms. The standard InChI is InChI=1S/C21H26O10/c1-9(8-29-21-20(28)19(27)18(26)15(7-22)31-21)3-4-11-12(23)6-14-16(17(11)25)13(24)5-10(2)30-14/h3,5-6,15,18-23,25-28H,4,7-8H2,1-2H3/b9-3-/t15-,18-,19+,20-,21-/m1/s1. The van der Waals surface area contributed by atoms with Gasteiger partial charge < -0.3 is 44.5 Å². The number of ether oxygens (including phenoxy) is 2. The van der Waals surface area contributed by atoms with E-state index in [9.17, 15) is 35.4 Å². The molecular weight excluding hydrogens is 412 g/mol. The molecule has 10 nitrogen and oxygen atoms in total. The summed E-state index contributed by atoms with van der Waals surface area (Å²) in [7, 11) is 0. The van der Waals surface area contributed by atoms with Crippen molar-refractivity contribution in [2.75, 3.05) is 13.2 Å². The average molecular weight is 438 g/mol. The molecule has 1 fully saturated rings. The predicted molar refractivity (Wildman–Crippen MR) is 108 cm³/mol. The third-order valence-electron chi connectivity index (χ3n) is 5.18. The number of aromatic hydroxyl groups is 2. The summed E-state index contributed by atoms with van der Waals surface area (Å²) in [4.78, 5) is 12.2. The van der Waals surface area contributed by atoms with Crippen molar-refractivity contribution < 1.29 is 44.5 Å². The molecule has 1 saturated heterocycles. The summed E-state index contributed by atoms with van der Waals surface area (Å²) in [5.74, 6) is -0.259. The number of phenolic OH excluding ortho intramolecular Hbond substituents is 2. The van der Waals surface area contributed by atoms with E-state index >= 15 is 0 Å². The molecule has 0 radical (unpaired) electrons. The molecule has 0 spiro atoms. The van der Waals surface area contributed by atoms with Crippen LogP contribution < -0.4 is 5.43 Å². The summed E-state index contributed by atoms with van der Waals surface area (Å²) < 4.78 is 16.1. The summed E-state index contributed by atoms with van der Waals surface area (Å²) in [5.41, 5.74) is 0.419. The van der Waals surface area contributed by atoms with Gasteiger partial charge in [-0.2, -0.15) is 0 Å². The number of benzene rings is 1. The van der Waals surface area contributed by atoms with Gasteiger partial charge in [0.05, 0.1) is 13.2 Å².